The monoisotopic (exact) mass is 319 g/mol. The van der Waals surface area contributed by atoms with Gasteiger partial charge in [0.15, 0.2) is 0 Å². The molecular formula is C18H26FN3O. The highest BCUT2D eigenvalue weighted by Gasteiger charge is 2.26. The number of carbonyl (C=O) groups excluding carboxylic acids is 1. The number of nitrogens with zero attached hydrogens (tertiary/aromatic N) is 1. The molecule has 126 valence electrons. The Bertz CT molecular complexity index is 506. The van der Waals surface area contributed by atoms with Gasteiger partial charge in [-0.3, -0.25) is 4.79 Å². The lowest BCUT2D eigenvalue weighted by Crippen LogP contribution is -2.43. The Morgan fingerprint density at radius 2 is 1.96 bits per heavy atom. The Labute approximate surface area is 137 Å². The number of hydrogen-bond donors (Lipinski definition) is 2. The van der Waals surface area contributed by atoms with Gasteiger partial charge in [0.1, 0.15) is 5.82 Å². The summed E-state index contributed by atoms with van der Waals surface area (Å²) < 4.78 is 12.9. The molecule has 3 rings (SSSR count). The highest BCUT2D eigenvalue weighted by molar-refractivity contribution is 5.92. The van der Waals surface area contributed by atoms with Crippen LogP contribution in [0.4, 0.5) is 10.1 Å². The van der Waals surface area contributed by atoms with Crippen LogP contribution < -0.4 is 10.6 Å². The van der Waals surface area contributed by atoms with Crippen LogP contribution in [0.25, 0.3) is 0 Å². The van der Waals surface area contributed by atoms with Crippen molar-refractivity contribution in [3.8, 4) is 0 Å². The van der Waals surface area contributed by atoms with E-state index in [0.29, 0.717) is 5.69 Å². The molecule has 0 radical (unpaired) electrons. The van der Waals surface area contributed by atoms with Gasteiger partial charge in [-0.25, -0.2) is 4.39 Å². The van der Waals surface area contributed by atoms with Gasteiger partial charge in [-0.1, -0.05) is 0 Å². The van der Waals surface area contributed by atoms with Crippen LogP contribution in [0.15, 0.2) is 24.3 Å². The molecule has 2 saturated heterocycles. The standard InChI is InChI=1S/C18H26FN3O/c19-16-3-5-17(6-4-16)21-18(23)15-7-10-22(11-8-15)13-14-2-1-9-20-12-14/h3-6,14-15,20H,1-2,7-13H2,(H,21,23). The SMILES string of the molecule is O=C(Nc1ccc(F)cc1)C1CCN(CC2CCCNC2)CC1. The Morgan fingerprint density at radius 1 is 1.22 bits per heavy atom. The lowest BCUT2D eigenvalue weighted by atomic mass is 9.93. The Balaban J connectivity index is 1.42. The normalized spacial score (nSPS) is 23.6. The van der Waals surface area contributed by atoms with Crippen LogP contribution >= 0.6 is 0 Å². The van der Waals surface area contributed by atoms with Crippen molar-refractivity contribution in [3.63, 3.8) is 0 Å². The van der Waals surface area contributed by atoms with Crippen molar-refractivity contribution in [2.75, 3.05) is 38.0 Å². The molecule has 0 bridgehead atoms. The minimum Gasteiger partial charge on any atom is -0.326 e. The number of likely N-dealkylation sites (tertiary alicyclic amines) is 1. The molecule has 5 heteroatoms. The predicted molar refractivity (Wildman–Crippen MR) is 89.8 cm³/mol. The first kappa shape index (κ1) is 16.4. The number of benzene rings is 1. The fourth-order valence-corrected chi connectivity index (χ4v) is 3.60. The molecule has 2 fully saturated rings. The first-order chi connectivity index (χ1) is 11.2. The largest absolute Gasteiger partial charge is 0.326 e. The molecule has 2 heterocycles. The minimum atomic E-state index is -0.284. The number of halogens is 1. The molecule has 0 saturated carbocycles. The molecule has 2 aliphatic rings. The number of nitrogens with one attached hydrogen (secondary N) is 2. The van der Waals surface area contributed by atoms with E-state index in [-0.39, 0.29) is 17.6 Å². The number of piperidine rings is 2. The van der Waals surface area contributed by atoms with E-state index >= 15 is 0 Å². The van der Waals surface area contributed by atoms with Gasteiger partial charge in [-0.05, 0) is 82.0 Å². The third kappa shape index (κ3) is 4.75. The number of carbonyl (C=O) groups is 1. The molecule has 1 amide bonds. The fourth-order valence-electron chi connectivity index (χ4n) is 3.60. The van der Waals surface area contributed by atoms with Gasteiger partial charge in [-0.15, -0.1) is 0 Å². The van der Waals surface area contributed by atoms with Crippen LogP contribution in [0, 0.1) is 17.7 Å². The minimum absolute atomic E-state index is 0.0654. The molecule has 4 nitrogen and oxygen atoms in total. The average Bonchev–Trinajstić information content (AvgIpc) is 2.58. The molecule has 0 aliphatic carbocycles. The van der Waals surface area contributed by atoms with Gasteiger partial charge in [0.25, 0.3) is 0 Å². The number of hydrogen-bond acceptors (Lipinski definition) is 3. The van der Waals surface area contributed by atoms with Crippen molar-refractivity contribution < 1.29 is 9.18 Å². The van der Waals surface area contributed by atoms with Crippen molar-refractivity contribution in [2.24, 2.45) is 11.8 Å². The van der Waals surface area contributed by atoms with Gasteiger partial charge in [0.05, 0.1) is 0 Å². The summed E-state index contributed by atoms with van der Waals surface area (Å²) in [7, 11) is 0. The Kier molecular flexibility index (Phi) is 5.62. The van der Waals surface area contributed by atoms with E-state index in [4.69, 9.17) is 0 Å². The van der Waals surface area contributed by atoms with Crippen molar-refractivity contribution in [1.82, 2.24) is 10.2 Å². The van der Waals surface area contributed by atoms with E-state index in [9.17, 15) is 9.18 Å². The first-order valence-electron chi connectivity index (χ1n) is 8.70. The second-order valence-electron chi connectivity index (χ2n) is 6.78. The summed E-state index contributed by atoms with van der Waals surface area (Å²) in [6, 6.07) is 5.96. The maximum atomic E-state index is 12.9. The van der Waals surface area contributed by atoms with Gasteiger partial charge < -0.3 is 15.5 Å². The van der Waals surface area contributed by atoms with Crippen molar-refractivity contribution in [3.05, 3.63) is 30.1 Å². The quantitative estimate of drug-likeness (QED) is 0.896. The van der Waals surface area contributed by atoms with Crippen LogP contribution in [0.2, 0.25) is 0 Å². The van der Waals surface area contributed by atoms with E-state index in [0.717, 1.165) is 51.5 Å². The molecule has 0 aromatic heterocycles. The van der Waals surface area contributed by atoms with E-state index in [1.54, 1.807) is 12.1 Å². The molecule has 2 aliphatic heterocycles. The van der Waals surface area contributed by atoms with Crippen molar-refractivity contribution in [2.45, 2.75) is 25.7 Å². The summed E-state index contributed by atoms with van der Waals surface area (Å²) in [6.45, 7) is 5.43. The van der Waals surface area contributed by atoms with E-state index in [1.165, 1.54) is 25.0 Å². The van der Waals surface area contributed by atoms with Crippen LogP contribution in [-0.2, 0) is 4.79 Å². The number of rotatable bonds is 4. The molecule has 1 aromatic carbocycles. The zero-order valence-corrected chi connectivity index (χ0v) is 13.6. The molecule has 1 aromatic rings. The molecule has 0 spiro atoms. The van der Waals surface area contributed by atoms with Crippen LogP contribution in [-0.4, -0.2) is 43.5 Å². The molecule has 23 heavy (non-hydrogen) atoms. The Morgan fingerprint density at radius 3 is 2.61 bits per heavy atom. The second-order valence-corrected chi connectivity index (χ2v) is 6.78. The summed E-state index contributed by atoms with van der Waals surface area (Å²) >= 11 is 0. The van der Waals surface area contributed by atoms with Gasteiger partial charge in [-0.2, -0.15) is 0 Å². The van der Waals surface area contributed by atoms with Crippen molar-refractivity contribution in [1.29, 1.82) is 0 Å². The molecule has 1 unspecified atom stereocenters. The molecule has 1 atom stereocenters. The predicted octanol–water partition coefficient (Wildman–Crippen LogP) is 2.48. The first-order valence-corrected chi connectivity index (χ1v) is 8.70. The smallest absolute Gasteiger partial charge is 0.227 e. The summed E-state index contributed by atoms with van der Waals surface area (Å²) in [5.74, 6) is 0.609. The zero-order valence-electron chi connectivity index (χ0n) is 13.6. The Hall–Kier alpha value is -1.46. The third-order valence-electron chi connectivity index (χ3n) is 4.99. The summed E-state index contributed by atoms with van der Waals surface area (Å²) in [6.07, 6.45) is 4.42. The van der Waals surface area contributed by atoms with Gasteiger partial charge >= 0.3 is 0 Å². The zero-order chi connectivity index (χ0) is 16.1. The molecule has 2 N–H and O–H groups in total. The molecular weight excluding hydrogens is 293 g/mol. The highest BCUT2D eigenvalue weighted by Crippen LogP contribution is 2.21. The van der Waals surface area contributed by atoms with E-state index in [2.05, 4.69) is 15.5 Å². The second kappa shape index (κ2) is 7.88. The lowest BCUT2D eigenvalue weighted by Gasteiger charge is -2.35. The van der Waals surface area contributed by atoms with Gasteiger partial charge in [0.2, 0.25) is 5.91 Å². The van der Waals surface area contributed by atoms with Gasteiger partial charge in [0, 0.05) is 18.2 Å². The summed E-state index contributed by atoms with van der Waals surface area (Å²) in [5, 5.41) is 6.37. The fraction of sp³-hybridized carbons (Fsp3) is 0.611. The van der Waals surface area contributed by atoms with E-state index < -0.39 is 0 Å². The van der Waals surface area contributed by atoms with Crippen LogP contribution in [0.5, 0.6) is 0 Å². The highest BCUT2D eigenvalue weighted by atomic mass is 19.1. The summed E-state index contributed by atoms with van der Waals surface area (Å²) in [5.41, 5.74) is 0.673. The van der Waals surface area contributed by atoms with Crippen molar-refractivity contribution >= 4 is 11.6 Å². The maximum Gasteiger partial charge on any atom is 0.227 e. The number of amides is 1. The van der Waals surface area contributed by atoms with Crippen LogP contribution in [0.1, 0.15) is 25.7 Å². The third-order valence-corrected chi connectivity index (χ3v) is 4.99. The lowest BCUT2D eigenvalue weighted by molar-refractivity contribution is -0.121. The van der Waals surface area contributed by atoms with Crippen LogP contribution in [0.3, 0.4) is 0 Å². The number of anilines is 1. The topological polar surface area (TPSA) is 44.4 Å². The van der Waals surface area contributed by atoms with E-state index in [1.807, 2.05) is 0 Å². The summed E-state index contributed by atoms with van der Waals surface area (Å²) in [4.78, 5) is 14.8. The maximum absolute atomic E-state index is 12.9. The average molecular weight is 319 g/mol.